The summed E-state index contributed by atoms with van der Waals surface area (Å²) in [4.78, 5) is 16.7. The topological polar surface area (TPSA) is 51.6 Å². The highest BCUT2D eigenvalue weighted by molar-refractivity contribution is 6.16. The highest BCUT2D eigenvalue weighted by atomic mass is 35.5. The van der Waals surface area contributed by atoms with Crippen molar-refractivity contribution in [3.05, 3.63) is 35.9 Å². The Hall–Kier alpha value is -1.55. The molecule has 0 aliphatic heterocycles. The van der Waals surface area contributed by atoms with Gasteiger partial charge in [0.1, 0.15) is 0 Å². The van der Waals surface area contributed by atoms with Crippen LogP contribution in [0.5, 0.6) is 0 Å². The monoisotopic (exact) mass is 220 g/mol. The molecule has 0 spiro atoms. The lowest BCUT2D eigenvalue weighted by atomic mass is 10.3. The third-order valence-electron chi connectivity index (χ3n) is 1.81. The van der Waals surface area contributed by atoms with Crippen LogP contribution in [-0.2, 0) is 5.88 Å². The van der Waals surface area contributed by atoms with E-state index in [1.165, 1.54) is 0 Å². The van der Waals surface area contributed by atoms with Crippen LogP contribution in [0, 0.1) is 6.92 Å². The molecule has 0 N–H and O–H groups in total. The van der Waals surface area contributed by atoms with E-state index in [-0.39, 0.29) is 0 Å². The first-order valence-electron chi connectivity index (χ1n) is 4.47. The fourth-order valence-corrected chi connectivity index (χ4v) is 1.35. The van der Waals surface area contributed by atoms with E-state index in [1.807, 2.05) is 13.0 Å². The Morgan fingerprint density at radius 3 is 2.53 bits per heavy atom. The largest absolute Gasteiger partial charge is 0.234 e. The molecule has 0 bridgehead atoms. The lowest BCUT2D eigenvalue weighted by molar-refractivity contribution is 1.01. The summed E-state index contributed by atoms with van der Waals surface area (Å²) < 4.78 is 0. The van der Waals surface area contributed by atoms with Crippen LogP contribution in [0.3, 0.4) is 0 Å². The number of halogens is 1. The van der Waals surface area contributed by atoms with Gasteiger partial charge in [-0.25, -0.2) is 19.9 Å². The third kappa shape index (κ3) is 2.27. The quantitative estimate of drug-likeness (QED) is 0.727. The molecule has 5 heteroatoms. The fourth-order valence-electron chi connectivity index (χ4n) is 1.22. The molecule has 2 aromatic rings. The zero-order chi connectivity index (χ0) is 10.7. The minimum Gasteiger partial charge on any atom is -0.234 e. The van der Waals surface area contributed by atoms with Crippen LogP contribution in [0.4, 0.5) is 0 Å². The van der Waals surface area contributed by atoms with E-state index < -0.39 is 0 Å². The van der Waals surface area contributed by atoms with Gasteiger partial charge < -0.3 is 0 Å². The van der Waals surface area contributed by atoms with Gasteiger partial charge in [-0.15, -0.1) is 11.6 Å². The van der Waals surface area contributed by atoms with Crippen molar-refractivity contribution < 1.29 is 0 Å². The maximum atomic E-state index is 5.73. The molecule has 2 aromatic heterocycles. The summed E-state index contributed by atoms with van der Waals surface area (Å²) in [7, 11) is 0. The molecule has 4 nitrogen and oxygen atoms in total. The normalized spacial score (nSPS) is 10.3. The van der Waals surface area contributed by atoms with Gasteiger partial charge in [0.25, 0.3) is 0 Å². The summed E-state index contributed by atoms with van der Waals surface area (Å²) in [6.45, 7) is 1.89. The number of alkyl halides is 1. The number of hydrogen-bond donors (Lipinski definition) is 0. The van der Waals surface area contributed by atoms with Crippen LogP contribution in [0.1, 0.15) is 11.4 Å². The van der Waals surface area contributed by atoms with Crippen LogP contribution in [0.25, 0.3) is 11.6 Å². The van der Waals surface area contributed by atoms with Crippen molar-refractivity contribution in [3.8, 4) is 11.6 Å². The zero-order valence-corrected chi connectivity index (χ0v) is 8.94. The Morgan fingerprint density at radius 2 is 1.87 bits per heavy atom. The summed E-state index contributed by atoms with van der Waals surface area (Å²) in [5.41, 5.74) is 1.65. The summed E-state index contributed by atoms with van der Waals surface area (Å²) in [6.07, 6.45) is 3.32. The summed E-state index contributed by atoms with van der Waals surface area (Å²) in [5, 5.41) is 0. The molecule has 76 valence electrons. The Morgan fingerprint density at radius 1 is 1.13 bits per heavy atom. The van der Waals surface area contributed by atoms with Gasteiger partial charge in [0.05, 0.1) is 11.6 Å². The van der Waals surface area contributed by atoms with Gasteiger partial charge >= 0.3 is 0 Å². The van der Waals surface area contributed by atoms with Crippen molar-refractivity contribution >= 4 is 11.6 Å². The lowest BCUT2D eigenvalue weighted by Gasteiger charge is -2.01. The molecule has 0 saturated heterocycles. The molecule has 2 heterocycles. The molecule has 0 unspecified atom stereocenters. The van der Waals surface area contributed by atoms with E-state index in [1.54, 1.807) is 18.5 Å². The number of aromatic nitrogens is 4. The predicted molar refractivity (Wildman–Crippen MR) is 57.4 cm³/mol. The first-order valence-corrected chi connectivity index (χ1v) is 5.01. The third-order valence-corrected chi connectivity index (χ3v) is 2.08. The first kappa shape index (κ1) is 9.98. The summed E-state index contributed by atoms with van der Waals surface area (Å²) in [6, 6.07) is 3.60. The minimum absolute atomic E-state index is 0.364. The van der Waals surface area contributed by atoms with Crippen molar-refractivity contribution in [3.63, 3.8) is 0 Å². The number of rotatable bonds is 2. The molecule has 0 aliphatic carbocycles. The van der Waals surface area contributed by atoms with E-state index in [4.69, 9.17) is 11.6 Å². The van der Waals surface area contributed by atoms with Crippen molar-refractivity contribution in [2.45, 2.75) is 12.8 Å². The Labute approximate surface area is 92.4 Å². The zero-order valence-electron chi connectivity index (χ0n) is 8.18. The van der Waals surface area contributed by atoms with Gasteiger partial charge in [0, 0.05) is 18.1 Å². The van der Waals surface area contributed by atoms with Gasteiger partial charge in [-0.2, -0.15) is 0 Å². The van der Waals surface area contributed by atoms with Crippen LogP contribution < -0.4 is 0 Å². The molecule has 0 atom stereocenters. The summed E-state index contributed by atoms with van der Waals surface area (Å²) in [5.74, 6) is 1.40. The standard InChI is InChI=1S/C10H9ClN4/c1-7-5-8(6-11)15-10(14-7)9-12-3-2-4-13-9/h2-5H,6H2,1H3. The molecular weight excluding hydrogens is 212 g/mol. The molecule has 0 fully saturated rings. The Bertz CT molecular complexity index is 458. The molecule has 2 rings (SSSR count). The van der Waals surface area contributed by atoms with Gasteiger partial charge in [-0.05, 0) is 19.1 Å². The highest BCUT2D eigenvalue weighted by Gasteiger charge is 2.06. The summed E-state index contributed by atoms with van der Waals surface area (Å²) >= 11 is 5.73. The van der Waals surface area contributed by atoms with Crippen LogP contribution in [0.2, 0.25) is 0 Å². The number of nitrogens with zero attached hydrogens (tertiary/aromatic N) is 4. The van der Waals surface area contributed by atoms with Crippen molar-refractivity contribution in [2.24, 2.45) is 0 Å². The van der Waals surface area contributed by atoms with E-state index in [2.05, 4.69) is 19.9 Å². The second kappa shape index (κ2) is 4.31. The number of hydrogen-bond acceptors (Lipinski definition) is 4. The minimum atomic E-state index is 0.364. The maximum absolute atomic E-state index is 5.73. The Kier molecular flexibility index (Phi) is 2.87. The lowest BCUT2D eigenvalue weighted by Crippen LogP contribution is -1.99. The average Bonchev–Trinajstić information content (AvgIpc) is 2.29. The number of aryl methyl sites for hydroxylation is 1. The fraction of sp³-hybridized carbons (Fsp3) is 0.200. The molecular formula is C10H9ClN4. The van der Waals surface area contributed by atoms with Crippen molar-refractivity contribution in [1.29, 1.82) is 0 Å². The SMILES string of the molecule is Cc1cc(CCl)nc(-c2ncccn2)n1. The van der Waals surface area contributed by atoms with Crippen molar-refractivity contribution in [2.75, 3.05) is 0 Å². The van der Waals surface area contributed by atoms with Crippen LogP contribution in [-0.4, -0.2) is 19.9 Å². The van der Waals surface area contributed by atoms with Crippen LogP contribution in [0.15, 0.2) is 24.5 Å². The van der Waals surface area contributed by atoms with E-state index >= 15 is 0 Å². The highest BCUT2D eigenvalue weighted by Crippen LogP contribution is 2.11. The van der Waals surface area contributed by atoms with Gasteiger partial charge in [0.15, 0.2) is 11.6 Å². The van der Waals surface area contributed by atoms with Crippen LogP contribution >= 0.6 is 11.6 Å². The maximum Gasteiger partial charge on any atom is 0.198 e. The van der Waals surface area contributed by atoms with E-state index in [9.17, 15) is 0 Å². The average molecular weight is 221 g/mol. The van der Waals surface area contributed by atoms with E-state index in [0.29, 0.717) is 17.5 Å². The predicted octanol–water partition coefficient (Wildman–Crippen LogP) is 1.98. The van der Waals surface area contributed by atoms with Gasteiger partial charge in [0.2, 0.25) is 0 Å². The van der Waals surface area contributed by atoms with Gasteiger partial charge in [-0.1, -0.05) is 0 Å². The molecule has 0 saturated carbocycles. The van der Waals surface area contributed by atoms with Crippen molar-refractivity contribution in [1.82, 2.24) is 19.9 Å². The molecule has 0 amide bonds. The molecule has 15 heavy (non-hydrogen) atoms. The molecule has 0 aliphatic rings. The van der Waals surface area contributed by atoms with Gasteiger partial charge in [-0.3, -0.25) is 0 Å². The second-order valence-corrected chi connectivity index (χ2v) is 3.30. The second-order valence-electron chi connectivity index (χ2n) is 3.03. The molecule has 0 aromatic carbocycles. The molecule has 0 radical (unpaired) electrons. The van der Waals surface area contributed by atoms with E-state index in [0.717, 1.165) is 11.4 Å². The Balaban J connectivity index is 2.49. The first-order chi connectivity index (χ1) is 7.29. The smallest absolute Gasteiger partial charge is 0.198 e.